The SMILES string of the molecule is CCOC(=O)[C@@H]1CCCN1C(=O)/C=C/c1ccc(C(=O)Oc2ccc(C(=N)N)cc2)cc1. The summed E-state index contributed by atoms with van der Waals surface area (Å²) < 4.78 is 10.4. The molecule has 3 rings (SSSR count). The van der Waals surface area contributed by atoms with Crippen LogP contribution >= 0.6 is 0 Å². The Morgan fingerprint density at radius 1 is 1.09 bits per heavy atom. The highest BCUT2D eigenvalue weighted by molar-refractivity contribution is 5.96. The predicted octanol–water partition coefficient (Wildman–Crippen LogP) is 2.76. The van der Waals surface area contributed by atoms with Crippen molar-refractivity contribution < 1.29 is 23.9 Å². The van der Waals surface area contributed by atoms with Crippen LogP contribution in [-0.4, -0.2) is 47.8 Å². The molecule has 0 bridgehead atoms. The number of nitrogen functional groups attached to an aromatic ring is 1. The number of ether oxygens (including phenoxy) is 2. The van der Waals surface area contributed by atoms with Gasteiger partial charge in [0.15, 0.2) is 0 Å². The highest BCUT2D eigenvalue weighted by Crippen LogP contribution is 2.20. The number of carbonyl (C=O) groups is 3. The molecule has 1 heterocycles. The van der Waals surface area contributed by atoms with E-state index in [0.29, 0.717) is 29.8 Å². The zero-order valence-corrected chi connectivity index (χ0v) is 17.7. The molecule has 166 valence electrons. The van der Waals surface area contributed by atoms with Gasteiger partial charge in [-0.2, -0.15) is 0 Å². The first-order valence-electron chi connectivity index (χ1n) is 10.3. The average Bonchev–Trinajstić information content (AvgIpc) is 3.28. The maximum Gasteiger partial charge on any atom is 0.343 e. The van der Waals surface area contributed by atoms with Crippen molar-refractivity contribution in [1.82, 2.24) is 4.90 Å². The number of nitrogens with one attached hydrogen (secondary N) is 1. The van der Waals surface area contributed by atoms with Gasteiger partial charge in [-0.1, -0.05) is 12.1 Å². The van der Waals surface area contributed by atoms with Crippen LogP contribution in [0.15, 0.2) is 54.6 Å². The first kappa shape index (κ1) is 22.7. The van der Waals surface area contributed by atoms with Crippen molar-refractivity contribution in [3.05, 3.63) is 71.3 Å². The maximum atomic E-state index is 12.5. The monoisotopic (exact) mass is 435 g/mol. The molecule has 0 aliphatic carbocycles. The molecular weight excluding hydrogens is 410 g/mol. The van der Waals surface area contributed by atoms with Gasteiger partial charge in [-0.25, -0.2) is 9.59 Å². The van der Waals surface area contributed by atoms with E-state index in [0.717, 1.165) is 12.0 Å². The summed E-state index contributed by atoms with van der Waals surface area (Å²) in [5.41, 5.74) is 7.03. The quantitative estimate of drug-likeness (QED) is 0.227. The van der Waals surface area contributed by atoms with Gasteiger partial charge in [0, 0.05) is 18.2 Å². The summed E-state index contributed by atoms with van der Waals surface area (Å²) in [6.07, 6.45) is 4.42. The number of rotatable bonds is 7. The van der Waals surface area contributed by atoms with Gasteiger partial charge in [-0.3, -0.25) is 10.2 Å². The third-order valence-electron chi connectivity index (χ3n) is 5.04. The second-order valence-corrected chi connectivity index (χ2v) is 7.22. The molecule has 1 saturated heterocycles. The fraction of sp³-hybridized carbons (Fsp3) is 0.250. The summed E-state index contributed by atoms with van der Waals surface area (Å²) in [5, 5.41) is 7.38. The standard InChI is InChI=1S/C24H25N3O5/c1-2-31-24(30)20-4-3-15-27(20)21(28)14-7-16-5-8-18(9-6-16)23(29)32-19-12-10-17(11-13-19)22(25)26/h5-14,20H,2-4,15H2,1H3,(H3,25,26)/b14-7+/t20-/m0/s1. The minimum Gasteiger partial charge on any atom is -0.464 e. The number of likely N-dealkylation sites (tertiary alicyclic amines) is 1. The van der Waals surface area contributed by atoms with Gasteiger partial charge in [-0.05, 0) is 67.8 Å². The average molecular weight is 435 g/mol. The lowest BCUT2D eigenvalue weighted by Crippen LogP contribution is -2.40. The van der Waals surface area contributed by atoms with Crippen molar-refractivity contribution in [1.29, 1.82) is 5.41 Å². The van der Waals surface area contributed by atoms with E-state index in [1.165, 1.54) is 11.0 Å². The number of esters is 2. The van der Waals surface area contributed by atoms with Gasteiger partial charge in [0.1, 0.15) is 17.6 Å². The fourth-order valence-corrected chi connectivity index (χ4v) is 3.38. The molecule has 2 aromatic carbocycles. The Balaban J connectivity index is 1.59. The van der Waals surface area contributed by atoms with Crippen LogP contribution in [0.1, 0.15) is 41.3 Å². The van der Waals surface area contributed by atoms with Crippen molar-refractivity contribution in [2.75, 3.05) is 13.2 Å². The van der Waals surface area contributed by atoms with Gasteiger partial charge < -0.3 is 20.1 Å². The molecule has 1 aliphatic heterocycles. The minimum atomic E-state index is -0.534. The van der Waals surface area contributed by atoms with Crippen molar-refractivity contribution in [3.63, 3.8) is 0 Å². The second-order valence-electron chi connectivity index (χ2n) is 7.22. The van der Waals surface area contributed by atoms with Crippen LogP contribution in [0, 0.1) is 5.41 Å². The Bertz CT molecular complexity index is 1030. The maximum absolute atomic E-state index is 12.5. The number of hydrogen-bond donors (Lipinski definition) is 2. The van der Waals surface area contributed by atoms with E-state index >= 15 is 0 Å². The molecule has 1 aliphatic rings. The summed E-state index contributed by atoms with van der Waals surface area (Å²) in [7, 11) is 0. The number of nitrogens with two attached hydrogens (primary N) is 1. The predicted molar refractivity (Wildman–Crippen MR) is 119 cm³/mol. The van der Waals surface area contributed by atoms with Gasteiger partial charge in [0.05, 0.1) is 12.2 Å². The summed E-state index contributed by atoms with van der Waals surface area (Å²) >= 11 is 0. The highest BCUT2D eigenvalue weighted by Gasteiger charge is 2.34. The van der Waals surface area contributed by atoms with Crippen LogP contribution in [0.2, 0.25) is 0 Å². The summed E-state index contributed by atoms with van der Waals surface area (Å²) in [6, 6.07) is 12.4. The minimum absolute atomic E-state index is 0.0638. The number of benzene rings is 2. The van der Waals surface area contributed by atoms with E-state index in [-0.39, 0.29) is 24.3 Å². The van der Waals surface area contributed by atoms with Crippen LogP contribution in [0.4, 0.5) is 0 Å². The molecule has 0 aromatic heterocycles. The topological polar surface area (TPSA) is 123 Å². The molecule has 0 spiro atoms. The van der Waals surface area contributed by atoms with Gasteiger partial charge in [-0.15, -0.1) is 0 Å². The second kappa shape index (κ2) is 10.4. The van der Waals surface area contributed by atoms with Crippen molar-refractivity contribution in [2.45, 2.75) is 25.8 Å². The van der Waals surface area contributed by atoms with Crippen molar-refractivity contribution >= 4 is 29.8 Å². The van der Waals surface area contributed by atoms with Crippen molar-refractivity contribution in [3.8, 4) is 5.75 Å². The number of amides is 1. The Kier molecular flexibility index (Phi) is 7.38. The Hall–Kier alpha value is -3.94. The number of hydrogen-bond acceptors (Lipinski definition) is 6. The number of carbonyl (C=O) groups excluding carboxylic acids is 3. The van der Waals surface area contributed by atoms with Crippen LogP contribution in [-0.2, 0) is 14.3 Å². The first-order valence-corrected chi connectivity index (χ1v) is 10.3. The fourth-order valence-electron chi connectivity index (χ4n) is 3.38. The third kappa shape index (κ3) is 5.60. The molecule has 8 nitrogen and oxygen atoms in total. The van der Waals surface area contributed by atoms with Crippen LogP contribution in [0.25, 0.3) is 6.08 Å². The Labute approximate surface area is 186 Å². The molecule has 0 radical (unpaired) electrons. The summed E-state index contributed by atoms with van der Waals surface area (Å²) in [6.45, 7) is 2.54. The van der Waals surface area contributed by atoms with E-state index in [9.17, 15) is 14.4 Å². The Morgan fingerprint density at radius 3 is 2.38 bits per heavy atom. The molecule has 8 heteroatoms. The van der Waals surface area contributed by atoms with E-state index < -0.39 is 12.0 Å². The van der Waals surface area contributed by atoms with Crippen LogP contribution in [0.3, 0.4) is 0 Å². The summed E-state index contributed by atoms with van der Waals surface area (Å²) in [5.74, 6) is -0.868. The lowest BCUT2D eigenvalue weighted by Gasteiger charge is -2.21. The lowest BCUT2D eigenvalue weighted by atomic mass is 10.1. The molecule has 1 fully saturated rings. The number of nitrogens with zero attached hydrogens (tertiary/aromatic N) is 1. The van der Waals surface area contributed by atoms with Crippen LogP contribution < -0.4 is 10.5 Å². The van der Waals surface area contributed by atoms with E-state index in [1.54, 1.807) is 61.5 Å². The highest BCUT2D eigenvalue weighted by atomic mass is 16.5. The Morgan fingerprint density at radius 2 is 1.75 bits per heavy atom. The molecular formula is C24H25N3O5. The third-order valence-corrected chi connectivity index (χ3v) is 5.04. The normalized spacial score (nSPS) is 15.5. The van der Waals surface area contributed by atoms with Gasteiger partial charge >= 0.3 is 11.9 Å². The molecule has 3 N–H and O–H groups in total. The smallest absolute Gasteiger partial charge is 0.343 e. The molecule has 0 saturated carbocycles. The number of amidine groups is 1. The molecule has 32 heavy (non-hydrogen) atoms. The molecule has 2 aromatic rings. The van der Waals surface area contributed by atoms with Crippen molar-refractivity contribution in [2.24, 2.45) is 5.73 Å². The lowest BCUT2D eigenvalue weighted by molar-refractivity contribution is -0.151. The zero-order valence-electron chi connectivity index (χ0n) is 17.7. The molecule has 1 atom stereocenters. The molecule has 0 unspecified atom stereocenters. The van der Waals surface area contributed by atoms with Crippen LogP contribution in [0.5, 0.6) is 5.75 Å². The zero-order chi connectivity index (χ0) is 23.1. The summed E-state index contributed by atoms with van der Waals surface area (Å²) in [4.78, 5) is 38.4. The van der Waals surface area contributed by atoms with Gasteiger partial charge in [0.25, 0.3) is 0 Å². The van der Waals surface area contributed by atoms with E-state index in [1.807, 2.05) is 0 Å². The largest absolute Gasteiger partial charge is 0.464 e. The first-order chi connectivity index (χ1) is 15.4. The van der Waals surface area contributed by atoms with E-state index in [4.69, 9.17) is 20.6 Å². The molecule has 1 amide bonds. The van der Waals surface area contributed by atoms with E-state index in [2.05, 4.69) is 0 Å². The van der Waals surface area contributed by atoms with Gasteiger partial charge in [0.2, 0.25) is 5.91 Å².